The summed E-state index contributed by atoms with van der Waals surface area (Å²) in [6, 6.07) is 8.63. The van der Waals surface area contributed by atoms with Gasteiger partial charge in [-0.25, -0.2) is 0 Å². The van der Waals surface area contributed by atoms with Gasteiger partial charge in [-0.1, -0.05) is 17.7 Å². The lowest BCUT2D eigenvalue weighted by Crippen LogP contribution is -2.18. The number of nitrogens with one attached hydrogen (secondary N) is 1. The van der Waals surface area contributed by atoms with E-state index in [9.17, 15) is 0 Å². The molecule has 2 rings (SSSR count). The van der Waals surface area contributed by atoms with Gasteiger partial charge >= 0.3 is 0 Å². The van der Waals surface area contributed by atoms with Crippen LogP contribution in [-0.4, -0.2) is 11.6 Å². The molecule has 0 unspecified atom stereocenters. The normalized spacial score (nSPS) is 17.1. The molecule has 1 aliphatic carbocycles. The molecule has 0 aromatic heterocycles. The molecule has 1 fully saturated rings. The van der Waals surface area contributed by atoms with E-state index in [0.717, 1.165) is 12.2 Å². The monoisotopic (exact) mass is 234 g/mol. The van der Waals surface area contributed by atoms with E-state index >= 15 is 0 Å². The van der Waals surface area contributed by atoms with E-state index in [-0.39, 0.29) is 0 Å². The topological polar surface area (TPSA) is 49.9 Å². The number of benzene rings is 1. The van der Waals surface area contributed by atoms with Crippen LogP contribution in [0.3, 0.4) is 0 Å². The third kappa shape index (κ3) is 3.01. The van der Waals surface area contributed by atoms with Crippen molar-refractivity contribution >= 4 is 17.6 Å². The zero-order valence-electron chi connectivity index (χ0n) is 9.62. The Bertz CT molecular complexity index is 379. The summed E-state index contributed by atoms with van der Waals surface area (Å²) in [6.45, 7) is 2.10. The third-order valence-electron chi connectivity index (χ3n) is 3.09. The maximum Gasteiger partial charge on any atom is 0.0911 e. The van der Waals surface area contributed by atoms with Crippen LogP contribution < -0.4 is 5.73 Å². The summed E-state index contributed by atoms with van der Waals surface area (Å²) >= 11 is 1.89. The highest BCUT2D eigenvalue weighted by Crippen LogP contribution is 2.51. The maximum atomic E-state index is 7.37. The first-order chi connectivity index (χ1) is 7.60. The van der Waals surface area contributed by atoms with Gasteiger partial charge in [0.2, 0.25) is 0 Å². The molecule has 1 aliphatic rings. The molecule has 0 radical (unpaired) electrons. The second-order valence-electron chi connectivity index (χ2n) is 4.80. The minimum Gasteiger partial charge on any atom is -0.388 e. The van der Waals surface area contributed by atoms with Gasteiger partial charge in [-0.05, 0) is 37.3 Å². The lowest BCUT2D eigenvalue weighted by atomic mass is 10.1. The number of amidine groups is 1. The summed E-state index contributed by atoms with van der Waals surface area (Å²) in [4.78, 5) is 1.32. The minimum absolute atomic E-state index is 0.335. The minimum atomic E-state index is 0.335. The summed E-state index contributed by atoms with van der Waals surface area (Å²) in [6.07, 6.45) is 3.22. The van der Waals surface area contributed by atoms with Crippen molar-refractivity contribution < 1.29 is 0 Å². The Morgan fingerprint density at radius 2 is 2.00 bits per heavy atom. The predicted octanol–water partition coefficient (Wildman–Crippen LogP) is 3.19. The molecule has 0 amide bonds. The highest BCUT2D eigenvalue weighted by molar-refractivity contribution is 7.99. The molecule has 0 spiro atoms. The largest absolute Gasteiger partial charge is 0.388 e. The molecule has 0 heterocycles. The van der Waals surface area contributed by atoms with Gasteiger partial charge in [-0.2, -0.15) is 0 Å². The summed E-state index contributed by atoms with van der Waals surface area (Å²) in [5.41, 5.74) is 7.12. The summed E-state index contributed by atoms with van der Waals surface area (Å²) < 4.78 is 0. The van der Waals surface area contributed by atoms with Crippen LogP contribution in [0, 0.1) is 17.7 Å². The second-order valence-corrected chi connectivity index (χ2v) is 5.85. The van der Waals surface area contributed by atoms with Crippen molar-refractivity contribution in [1.29, 1.82) is 5.41 Å². The van der Waals surface area contributed by atoms with E-state index in [1.165, 1.54) is 23.3 Å². The van der Waals surface area contributed by atoms with Gasteiger partial charge in [0.05, 0.1) is 5.84 Å². The molecule has 1 aromatic rings. The lowest BCUT2D eigenvalue weighted by Gasteiger charge is -2.13. The zero-order chi connectivity index (χ0) is 11.6. The molecule has 1 saturated carbocycles. The molecule has 86 valence electrons. The second kappa shape index (κ2) is 4.50. The van der Waals surface area contributed by atoms with Gasteiger partial charge in [-0.3, -0.25) is 5.41 Å². The van der Waals surface area contributed by atoms with Gasteiger partial charge < -0.3 is 5.73 Å². The average Bonchev–Trinajstić information content (AvgIpc) is 2.97. The number of aryl methyl sites for hydroxylation is 1. The molecule has 3 N–H and O–H groups in total. The van der Waals surface area contributed by atoms with Crippen LogP contribution in [0.1, 0.15) is 24.8 Å². The standard InChI is InChI=1S/C13H18N2S/c1-10-2-4-11(5-3-10)16-9-13(6-7-13)8-12(14)15/h2-5H,6-9H2,1H3,(H3,14,15). The van der Waals surface area contributed by atoms with E-state index in [4.69, 9.17) is 11.1 Å². The van der Waals surface area contributed by atoms with Crippen LogP contribution in [0.2, 0.25) is 0 Å². The van der Waals surface area contributed by atoms with Crippen LogP contribution in [0.5, 0.6) is 0 Å². The van der Waals surface area contributed by atoms with E-state index in [0.29, 0.717) is 11.3 Å². The molecule has 0 atom stereocenters. The smallest absolute Gasteiger partial charge is 0.0911 e. The SMILES string of the molecule is Cc1ccc(SCC2(CC(=N)N)CC2)cc1. The maximum absolute atomic E-state index is 7.37. The van der Waals surface area contributed by atoms with E-state index in [1.807, 2.05) is 11.8 Å². The van der Waals surface area contributed by atoms with Crippen LogP contribution in [0.15, 0.2) is 29.2 Å². The Labute approximate surface area is 101 Å². The third-order valence-corrected chi connectivity index (χ3v) is 4.45. The molecule has 0 aliphatic heterocycles. The number of nitrogens with two attached hydrogens (primary N) is 1. The van der Waals surface area contributed by atoms with Crippen molar-refractivity contribution in [2.45, 2.75) is 31.1 Å². The van der Waals surface area contributed by atoms with Crippen LogP contribution in [0.25, 0.3) is 0 Å². The first-order valence-corrected chi connectivity index (χ1v) is 6.61. The molecule has 1 aromatic carbocycles. The number of hydrogen-bond acceptors (Lipinski definition) is 2. The highest BCUT2D eigenvalue weighted by atomic mass is 32.2. The van der Waals surface area contributed by atoms with Crippen LogP contribution >= 0.6 is 11.8 Å². The fourth-order valence-corrected chi connectivity index (χ4v) is 3.02. The fraction of sp³-hybridized carbons (Fsp3) is 0.462. The van der Waals surface area contributed by atoms with Crippen LogP contribution in [-0.2, 0) is 0 Å². The van der Waals surface area contributed by atoms with Crippen LogP contribution in [0.4, 0.5) is 0 Å². The Morgan fingerprint density at radius 3 is 2.50 bits per heavy atom. The van der Waals surface area contributed by atoms with Crippen molar-refractivity contribution in [3.05, 3.63) is 29.8 Å². The van der Waals surface area contributed by atoms with Gasteiger partial charge in [-0.15, -0.1) is 11.8 Å². The van der Waals surface area contributed by atoms with Crippen molar-refractivity contribution in [2.75, 3.05) is 5.75 Å². The van der Waals surface area contributed by atoms with Crippen molar-refractivity contribution in [2.24, 2.45) is 11.1 Å². The van der Waals surface area contributed by atoms with Crippen molar-refractivity contribution in [1.82, 2.24) is 0 Å². The molecular formula is C13H18N2S. The molecule has 2 nitrogen and oxygen atoms in total. The molecular weight excluding hydrogens is 216 g/mol. The quantitative estimate of drug-likeness (QED) is 0.467. The molecule has 16 heavy (non-hydrogen) atoms. The Morgan fingerprint density at radius 1 is 1.38 bits per heavy atom. The Hall–Kier alpha value is -0.960. The van der Waals surface area contributed by atoms with E-state index < -0.39 is 0 Å². The van der Waals surface area contributed by atoms with Gasteiger partial charge in [0.25, 0.3) is 0 Å². The molecule has 0 saturated heterocycles. The Kier molecular flexibility index (Phi) is 3.24. The lowest BCUT2D eigenvalue weighted by molar-refractivity contribution is 0.612. The Balaban J connectivity index is 1.87. The first kappa shape index (κ1) is 11.5. The highest BCUT2D eigenvalue weighted by Gasteiger charge is 2.42. The summed E-state index contributed by atoms with van der Waals surface area (Å²) in [7, 11) is 0. The van der Waals surface area contributed by atoms with Gasteiger partial charge in [0.1, 0.15) is 0 Å². The fourth-order valence-electron chi connectivity index (χ4n) is 1.82. The van der Waals surface area contributed by atoms with E-state index in [1.54, 1.807) is 0 Å². The summed E-state index contributed by atoms with van der Waals surface area (Å²) in [5.74, 6) is 1.43. The average molecular weight is 234 g/mol. The number of rotatable bonds is 5. The summed E-state index contributed by atoms with van der Waals surface area (Å²) in [5, 5.41) is 7.37. The van der Waals surface area contributed by atoms with Gasteiger partial charge in [0, 0.05) is 17.1 Å². The molecule has 0 bridgehead atoms. The number of thioether (sulfide) groups is 1. The van der Waals surface area contributed by atoms with Gasteiger partial charge in [0.15, 0.2) is 0 Å². The van der Waals surface area contributed by atoms with E-state index in [2.05, 4.69) is 31.2 Å². The number of hydrogen-bond donors (Lipinski definition) is 2. The predicted molar refractivity (Wildman–Crippen MR) is 70.1 cm³/mol. The first-order valence-electron chi connectivity index (χ1n) is 5.62. The zero-order valence-corrected chi connectivity index (χ0v) is 10.4. The van der Waals surface area contributed by atoms with Crippen molar-refractivity contribution in [3.8, 4) is 0 Å². The van der Waals surface area contributed by atoms with Crippen molar-refractivity contribution in [3.63, 3.8) is 0 Å². The molecule has 3 heteroatoms.